The van der Waals surface area contributed by atoms with Gasteiger partial charge < -0.3 is 15.4 Å². The van der Waals surface area contributed by atoms with Gasteiger partial charge in [-0.1, -0.05) is 54.7 Å². The molecule has 1 saturated heterocycles. The van der Waals surface area contributed by atoms with Crippen LogP contribution in [0.2, 0.25) is 0 Å². The summed E-state index contributed by atoms with van der Waals surface area (Å²) in [7, 11) is 3.73. The summed E-state index contributed by atoms with van der Waals surface area (Å²) in [5.74, 6) is 2.91. The van der Waals surface area contributed by atoms with E-state index in [1.165, 1.54) is 31.4 Å². The first-order valence-electron chi connectivity index (χ1n) is 8.14. The minimum Gasteiger partial charge on any atom is -0.449 e. The smallest absolute Gasteiger partial charge is 0.407 e. The van der Waals surface area contributed by atoms with Crippen LogP contribution < -0.4 is 10.6 Å². The van der Waals surface area contributed by atoms with E-state index in [2.05, 4.69) is 24.5 Å². The summed E-state index contributed by atoms with van der Waals surface area (Å²) >= 11 is 0. The van der Waals surface area contributed by atoms with E-state index < -0.39 is 0 Å². The highest BCUT2D eigenvalue weighted by Gasteiger charge is 2.16. The molecule has 0 radical (unpaired) electrons. The zero-order valence-corrected chi connectivity index (χ0v) is 15.0. The molecule has 6 heteroatoms. The van der Waals surface area contributed by atoms with Crippen LogP contribution in [0, 0.1) is 5.92 Å². The van der Waals surface area contributed by atoms with Crippen molar-refractivity contribution in [1.29, 1.82) is 0 Å². The third-order valence-corrected chi connectivity index (χ3v) is 6.23. The molecule has 1 rings (SSSR count). The van der Waals surface area contributed by atoms with E-state index in [-0.39, 0.29) is 12.1 Å². The summed E-state index contributed by atoms with van der Waals surface area (Å²) in [6.45, 7) is 6.86. The van der Waals surface area contributed by atoms with Crippen molar-refractivity contribution < 1.29 is 9.53 Å². The molecular formula is C15H30N2O2S2. The van der Waals surface area contributed by atoms with Crippen LogP contribution >= 0.6 is 21.6 Å². The fraction of sp³-hybridized carbons (Fsp3) is 0.933. The SMILES string of the molecule is CCCC[C@H](CC)CSSCCOC(=O)N[C@H]1CCNC1. The van der Waals surface area contributed by atoms with Gasteiger partial charge in [0.25, 0.3) is 0 Å². The summed E-state index contributed by atoms with van der Waals surface area (Å²) in [5, 5.41) is 6.10. The molecule has 1 heterocycles. The number of rotatable bonds is 11. The van der Waals surface area contributed by atoms with Crippen LogP contribution in [0.25, 0.3) is 0 Å². The van der Waals surface area contributed by atoms with Crippen molar-refractivity contribution in [3.63, 3.8) is 0 Å². The van der Waals surface area contributed by atoms with E-state index in [1.54, 1.807) is 0 Å². The van der Waals surface area contributed by atoms with Crippen molar-refractivity contribution in [1.82, 2.24) is 10.6 Å². The third-order valence-electron chi connectivity index (χ3n) is 3.71. The summed E-state index contributed by atoms with van der Waals surface area (Å²) < 4.78 is 5.19. The summed E-state index contributed by atoms with van der Waals surface area (Å²) in [6.07, 6.45) is 5.95. The molecule has 124 valence electrons. The van der Waals surface area contributed by atoms with E-state index in [0.29, 0.717) is 6.61 Å². The Hall–Kier alpha value is -0.0700. The lowest BCUT2D eigenvalue weighted by Gasteiger charge is -2.13. The van der Waals surface area contributed by atoms with Gasteiger partial charge in [-0.25, -0.2) is 4.79 Å². The fourth-order valence-electron chi connectivity index (χ4n) is 2.26. The average molecular weight is 335 g/mol. The molecule has 0 aromatic rings. The van der Waals surface area contributed by atoms with Crippen molar-refractivity contribution in [2.75, 3.05) is 31.2 Å². The second-order valence-electron chi connectivity index (χ2n) is 5.49. The van der Waals surface area contributed by atoms with Crippen LogP contribution in [-0.4, -0.2) is 43.3 Å². The molecule has 1 fully saturated rings. The lowest BCUT2D eigenvalue weighted by molar-refractivity contribution is 0.150. The number of hydrogen-bond donors (Lipinski definition) is 2. The number of carbonyl (C=O) groups is 1. The third kappa shape index (κ3) is 9.53. The zero-order chi connectivity index (χ0) is 15.3. The Bertz CT molecular complexity index is 274. The molecule has 0 aliphatic carbocycles. The largest absolute Gasteiger partial charge is 0.449 e. The topological polar surface area (TPSA) is 50.4 Å². The van der Waals surface area contributed by atoms with E-state index in [0.717, 1.165) is 31.2 Å². The van der Waals surface area contributed by atoms with Crippen molar-refractivity contribution >= 4 is 27.7 Å². The van der Waals surface area contributed by atoms with E-state index in [1.807, 2.05) is 21.6 Å². The number of hydrogen-bond acceptors (Lipinski definition) is 5. The van der Waals surface area contributed by atoms with Crippen LogP contribution in [-0.2, 0) is 4.74 Å². The highest BCUT2D eigenvalue weighted by atomic mass is 33.1. The zero-order valence-electron chi connectivity index (χ0n) is 13.4. The quantitative estimate of drug-likeness (QED) is 0.446. The van der Waals surface area contributed by atoms with Crippen LogP contribution in [0.3, 0.4) is 0 Å². The monoisotopic (exact) mass is 334 g/mol. The maximum atomic E-state index is 11.5. The predicted octanol–water partition coefficient (Wildman–Crippen LogP) is 3.67. The molecule has 1 amide bonds. The Labute approximate surface area is 137 Å². The molecule has 21 heavy (non-hydrogen) atoms. The van der Waals surface area contributed by atoms with Gasteiger partial charge in [0.2, 0.25) is 0 Å². The van der Waals surface area contributed by atoms with Crippen LogP contribution in [0.15, 0.2) is 0 Å². The van der Waals surface area contributed by atoms with Gasteiger partial charge in [0.15, 0.2) is 0 Å². The average Bonchev–Trinajstić information content (AvgIpc) is 2.98. The van der Waals surface area contributed by atoms with Crippen molar-refractivity contribution in [2.24, 2.45) is 5.92 Å². The molecular weight excluding hydrogens is 304 g/mol. The van der Waals surface area contributed by atoms with Gasteiger partial charge >= 0.3 is 6.09 Å². The molecule has 0 aromatic heterocycles. The van der Waals surface area contributed by atoms with Crippen LogP contribution in [0.1, 0.15) is 46.0 Å². The molecule has 1 aliphatic heterocycles. The number of nitrogens with one attached hydrogen (secondary N) is 2. The molecule has 1 aliphatic rings. The van der Waals surface area contributed by atoms with Gasteiger partial charge in [0.1, 0.15) is 6.61 Å². The van der Waals surface area contributed by atoms with Crippen molar-refractivity contribution in [2.45, 2.75) is 52.0 Å². The van der Waals surface area contributed by atoms with Gasteiger partial charge in [-0.3, -0.25) is 0 Å². The summed E-state index contributed by atoms with van der Waals surface area (Å²) in [4.78, 5) is 11.5. The van der Waals surface area contributed by atoms with Gasteiger partial charge in [0.05, 0.1) is 0 Å². The summed E-state index contributed by atoms with van der Waals surface area (Å²) in [6, 6.07) is 0.239. The predicted molar refractivity (Wildman–Crippen MR) is 94.0 cm³/mol. The first-order valence-corrected chi connectivity index (χ1v) is 10.6. The second kappa shape index (κ2) is 12.5. The van der Waals surface area contributed by atoms with Gasteiger partial charge in [-0.15, -0.1) is 0 Å². The first-order chi connectivity index (χ1) is 10.3. The molecule has 0 saturated carbocycles. The van der Waals surface area contributed by atoms with E-state index >= 15 is 0 Å². The number of ether oxygens (including phenoxy) is 1. The molecule has 0 bridgehead atoms. The van der Waals surface area contributed by atoms with Crippen molar-refractivity contribution in [3.05, 3.63) is 0 Å². The molecule has 0 spiro atoms. The Morgan fingerprint density at radius 1 is 1.43 bits per heavy atom. The molecule has 0 unspecified atom stereocenters. The molecule has 2 atom stereocenters. The lowest BCUT2D eigenvalue weighted by atomic mass is 10.0. The Morgan fingerprint density at radius 3 is 2.95 bits per heavy atom. The highest BCUT2D eigenvalue weighted by molar-refractivity contribution is 8.76. The number of amides is 1. The Morgan fingerprint density at radius 2 is 2.29 bits per heavy atom. The second-order valence-corrected chi connectivity index (χ2v) is 8.12. The normalized spacial score (nSPS) is 19.4. The Balaban J connectivity index is 1.92. The Kier molecular flexibility index (Phi) is 11.3. The van der Waals surface area contributed by atoms with E-state index in [4.69, 9.17) is 4.74 Å². The number of carbonyl (C=O) groups excluding carboxylic acids is 1. The van der Waals surface area contributed by atoms with Gasteiger partial charge in [-0.2, -0.15) is 0 Å². The van der Waals surface area contributed by atoms with Crippen LogP contribution in [0.5, 0.6) is 0 Å². The van der Waals surface area contributed by atoms with E-state index in [9.17, 15) is 4.79 Å². The minimum absolute atomic E-state index is 0.239. The maximum absolute atomic E-state index is 11.5. The molecule has 0 aromatic carbocycles. The lowest BCUT2D eigenvalue weighted by Crippen LogP contribution is -2.36. The number of alkyl carbamates (subject to hydrolysis) is 1. The molecule has 2 N–H and O–H groups in total. The summed E-state index contributed by atoms with van der Waals surface area (Å²) in [5.41, 5.74) is 0. The molecule has 4 nitrogen and oxygen atoms in total. The first kappa shape index (κ1) is 19.0. The number of unbranched alkanes of at least 4 members (excludes halogenated alkanes) is 1. The van der Waals surface area contributed by atoms with Crippen molar-refractivity contribution in [3.8, 4) is 0 Å². The highest BCUT2D eigenvalue weighted by Crippen LogP contribution is 2.27. The minimum atomic E-state index is -0.274. The fourth-order valence-corrected chi connectivity index (χ4v) is 4.64. The van der Waals surface area contributed by atoms with Gasteiger partial charge in [-0.05, 0) is 25.3 Å². The maximum Gasteiger partial charge on any atom is 0.407 e. The van der Waals surface area contributed by atoms with Gasteiger partial charge in [0, 0.05) is 24.1 Å². The standard InChI is InChI=1S/C15H30N2O2S2/c1-3-5-6-13(4-2)12-21-20-10-9-19-15(18)17-14-7-8-16-11-14/h13-14,16H,3-12H2,1-2H3,(H,17,18)/t13-,14-/m0/s1. The van der Waals surface area contributed by atoms with Crippen LogP contribution in [0.4, 0.5) is 4.79 Å².